The lowest BCUT2D eigenvalue weighted by Crippen LogP contribution is -2.28. The molecule has 0 bridgehead atoms. The SMILES string of the molecule is CCNCC1CCN(c2c(F)cc3c(=O)c(C(=O)O)cn(-c4ccc(F)cc4F)c3c2C2CC2)C1. The second-order valence-corrected chi connectivity index (χ2v) is 9.34. The summed E-state index contributed by atoms with van der Waals surface area (Å²) in [5.74, 6) is -3.49. The van der Waals surface area contributed by atoms with Crippen LogP contribution in [0.25, 0.3) is 16.6 Å². The molecule has 2 aromatic carbocycles. The number of aromatic nitrogens is 1. The van der Waals surface area contributed by atoms with Gasteiger partial charge in [-0.15, -0.1) is 0 Å². The fraction of sp³-hybridized carbons (Fsp3) is 0.385. The predicted molar refractivity (Wildman–Crippen MR) is 127 cm³/mol. The highest BCUT2D eigenvalue weighted by Gasteiger charge is 2.36. The van der Waals surface area contributed by atoms with Gasteiger partial charge < -0.3 is 19.9 Å². The Morgan fingerprint density at radius 2 is 1.91 bits per heavy atom. The normalized spacial score (nSPS) is 17.9. The van der Waals surface area contributed by atoms with E-state index < -0.39 is 34.4 Å². The van der Waals surface area contributed by atoms with E-state index in [0.717, 1.165) is 50.7 Å². The van der Waals surface area contributed by atoms with Crippen LogP contribution in [-0.4, -0.2) is 41.8 Å². The number of halogens is 3. The number of aromatic carboxylic acids is 1. The number of nitrogens with one attached hydrogen (secondary N) is 1. The Bertz CT molecular complexity index is 1380. The number of benzene rings is 2. The molecule has 0 amide bonds. The van der Waals surface area contributed by atoms with E-state index in [1.165, 1.54) is 10.6 Å². The standard InChI is InChI=1S/C26H26F3N3O3/c1-2-30-11-14-7-8-31(12-14)24-20(29)10-17-23(22(24)15-3-4-15)32(13-18(25(17)33)26(34)35)21-6-5-16(27)9-19(21)28/h5-6,9-10,13-15,30H,2-4,7-8,11-12H2,1H3,(H,34,35). The van der Waals surface area contributed by atoms with Crippen molar-refractivity contribution < 1.29 is 23.1 Å². The first-order valence-corrected chi connectivity index (χ1v) is 11.9. The first-order valence-electron chi connectivity index (χ1n) is 11.9. The summed E-state index contributed by atoms with van der Waals surface area (Å²) in [7, 11) is 0. The van der Waals surface area contributed by atoms with Gasteiger partial charge in [0.15, 0.2) is 0 Å². The third-order valence-electron chi connectivity index (χ3n) is 6.92. The maximum absolute atomic E-state index is 15.7. The van der Waals surface area contributed by atoms with Crippen molar-refractivity contribution in [1.82, 2.24) is 9.88 Å². The third-order valence-corrected chi connectivity index (χ3v) is 6.92. The van der Waals surface area contributed by atoms with Crippen LogP contribution in [0.5, 0.6) is 0 Å². The van der Waals surface area contributed by atoms with Gasteiger partial charge in [0.25, 0.3) is 0 Å². The van der Waals surface area contributed by atoms with E-state index in [2.05, 4.69) is 5.32 Å². The molecule has 1 aliphatic heterocycles. The largest absolute Gasteiger partial charge is 0.477 e. The lowest BCUT2D eigenvalue weighted by Gasteiger charge is -2.26. The summed E-state index contributed by atoms with van der Waals surface area (Å²) >= 11 is 0. The Labute approximate surface area is 200 Å². The molecular formula is C26H26F3N3O3. The van der Waals surface area contributed by atoms with Crippen molar-refractivity contribution in [2.24, 2.45) is 5.92 Å². The molecule has 1 saturated heterocycles. The third kappa shape index (κ3) is 4.18. The van der Waals surface area contributed by atoms with Gasteiger partial charge in [0, 0.05) is 30.9 Å². The maximum Gasteiger partial charge on any atom is 0.341 e. The topological polar surface area (TPSA) is 74.6 Å². The first-order chi connectivity index (χ1) is 16.8. The molecule has 2 N–H and O–H groups in total. The second-order valence-electron chi connectivity index (χ2n) is 9.34. The smallest absolute Gasteiger partial charge is 0.341 e. The van der Waals surface area contributed by atoms with Crippen LogP contribution in [0, 0.1) is 23.4 Å². The summed E-state index contributed by atoms with van der Waals surface area (Å²) in [6, 6.07) is 4.03. The molecule has 5 rings (SSSR count). The van der Waals surface area contributed by atoms with Crippen molar-refractivity contribution in [3.8, 4) is 5.69 Å². The molecule has 1 aromatic heterocycles. The highest BCUT2D eigenvalue weighted by molar-refractivity contribution is 5.96. The van der Waals surface area contributed by atoms with Crippen LogP contribution in [0.3, 0.4) is 0 Å². The Hall–Kier alpha value is -3.33. The average molecular weight is 486 g/mol. The van der Waals surface area contributed by atoms with Gasteiger partial charge in [0.1, 0.15) is 23.0 Å². The number of carbonyl (C=O) groups is 1. The van der Waals surface area contributed by atoms with E-state index in [1.54, 1.807) is 0 Å². The molecule has 2 fully saturated rings. The van der Waals surface area contributed by atoms with E-state index in [4.69, 9.17) is 0 Å². The van der Waals surface area contributed by atoms with Gasteiger partial charge in [-0.3, -0.25) is 4.79 Å². The Kier molecular flexibility index (Phi) is 6.04. The first kappa shape index (κ1) is 23.4. The monoisotopic (exact) mass is 485 g/mol. The Balaban J connectivity index is 1.79. The van der Waals surface area contributed by atoms with Gasteiger partial charge in [-0.05, 0) is 62.4 Å². The quantitative estimate of drug-likeness (QED) is 0.518. The molecule has 1 atom stereocenters. The second kappa shape index (κ2) is 9.03. The highest BCUT2D eigenvalue weighted by Crippen LogP contribution is 2.49. The predicted octanol–water partition coefficient (Wildman–Crippen LogP) is 4.42. The minimum atomic E-state index is -1.50. The van der Waals surface area contributed by atoms with Crippen molar-refractivity contribution in [2.45, 2.75) is 32.1 Å². The number of carboxylic acid groups (broad SMARTS) is 1. The molecule has 9 heteroatoms. The molecule has 2 heterocycles. The van der Waals surface area contributed by atoms with E-state index in [0.29, 0.717) is 36.3 Å². The molecule has 35 heavy (non-hydrogen) atoms. The van der Waals surface area contributed by atoms with Crippen LogP contribution in [0.1, 0.15) is 48.0 Å². The zero-order chi connectivity index (χ0) is 24.9. The van der Waals surface area contributed by atoms with Crippen molar-refractivity contribution in [3.05, 3.63) is 69.3 Å². The van der Waals surface area contributed by atoms with E-state index in [-0.39, 0.29) is 22.5 Å². The maximum atomic E-state index is 15.7. The molecule has 3 aromatic rings. The number of pyridine rings is 1. The average Bonchev–Trinajstić information content (AvgIpc) is 3.55. The number of hydrogen-bond donors (Lipinski definition) is 2. The van der Waals surface area contributed by atoms with Gasteiger partial charge >= 0.3 is 5.97 Å². The summed E-state index contributed by atoms with van der Waals surface area (Å²) in [5, 5.41) is 12.8. The fourth-order valence-electron chi connectivity index (χ4n) is 5.13. The molecule has 6 nitrogen and oxygen atoms in total. The number of carboxylic acids is 1. The number of anilines is 1. The lowest BCUT2D eigenvalue weighted by atomic mass is 9.99. The van der Waals surface area contributed by atoms with Crippen molar-refractivity contribution in [2.75, 3.05) is 31.1 Å². The van der Waals surface area contributed by atoms with Gasteiger partial charge in [0.05, 0.1) is 22.3 Å². The molecule has 1 aliphatic carbocycles. The van der Waals surface area contributed by atoms with Crippen LogP contribution in [0.2, 0.25) is 0 Å². The van der Waals surface area contributed by atoms with Crippen LogP contribution in [-0.2, 0) is 0 Å². The summed E-state index contributed by atoms with van der Waals surface area (Å²) in [6.07, 6.45) is 3.50. The van der Waals surface area contributed by atoms with E-state index >= 15 is 4.39 Å². The van der Waals surface area contributed by atoms with Crippen LogP contribution in [0.15, 0.2) is 35.3 Å². The molecule has 1 unspecified atom stereocenters. The van der Waals surface area contributed by atoms with Crippen molar-refractivity contribution in [1.29, 1.82) is 0 Å². The van der Waals surface area contributed by atoms with Gasteiger partial charge in [0.2, 0.25) is 5.43 Å². The summed E-state index contributed by atoms with van der Waals surface area (Å²) in [5.41, 5.74) is -0.295. The number of fused-ring (bicyclic) bond motifs is 1. The Morgan fingerprint density at radius 1 is 1.14 bits per heavy atom. The molecule has 2 aliphatic rings. The van der Waals surface area contributed by atoms with Gasteiger partial charge in [-0.2, -0.15) is 0 Å². The molecule has 0 spiro atoms. The van der Waals surface area contributed by atoms with Crippen LogP contribution < -0.4 is 15.6 Å². The number of rotatable bonds is 7. The van der Waals surface area contributed by atoms with Crippen molar-refractivity contribution >= 4 is 22.6 Å². The van der Waals surface area contributed by atoms with Crippen LogP contribution in [0.4, 0.5) is 18.9 Å². The molecular weight excluding hydrogens is 459 g/mol. The summed E-state index contributed by atoms with van der Waals surface area (Å²) in [6.45, 7) is 4.96. The minimum absolute atomic E-state index is 0.0409. The fourth-order valence-corrected chi connectivity index (χ4v) is 5.13. The highest BCUT2D eigenvalue weighted by atomic mass is 19.1. The Morgan fingerprint density at radius 3 is 2.57 bits per heavy atom. The van der Waals surface area contributed by atoms with Crippen LogP contribution >= 0.6 is 0 Å². The zero-order valence-electron chi connectivity index (χ0n) is 19.3. The van der Waals surface area contributed by atoms with Gasteiger partial charge in [-0.25, -0.2) is 18.0 Å². The van der Waals surface area contributed by atoms with Crippen molar-refractivity contribution in [3.63, 3.8) is 0 Å². The summed E-state index contributed by atoms with van der Waals surface area (Å²) in [4.78, 5) is 26.9. The molecule has 1 saturated carbocycles. The zero-order valence-corrected chi connectivity index (χ0v) is 19.3. The minimum Gasteiger partial charge on any atom is -0.477 e. The number of nitrogens with zero attached hydrogens (tertiary/aromatic N) is 2. The lowest BCUT2D eigenvalue weighted by molar-refractivity contribution is 0.0695. The van der Waals surface area contributed by atoms with Gasteiger partial charge in [-0.1, -0.05) is 6.92 Å². The van der Waals surface area contributed by atoms with E-state index in [9.17, 15) is 23.5 Å². The number of hydrogen-bond acceptors (Lipinski definition) is 4. The van der Waals surface area contributed by atoms with E-state index in [1.807, 2.05) is 11.8 Å². The molecule has 0 radical (unpaired) electrons. The molecule has 184 valence electrons. The summed E-state index contributed by atoms with van der Waals surface area (Å²) < 4.78 is 45.6.